The first kappa shape index (κ1) is 18.9. The molecule has 5 nitrogen and oxygen atoms in total. The summed E-state index contributed by atoms with van der Waals surface area (Å²) in [6, 6.07) is 11.3. The van der Waals surface area contributed by atoms with Crippen LogP contribution in [0.15, 0.2) is 54.1 Å². The van der Waals surface area contributed by atoms with Crippen LogP contribution in [-0.4, -0.2) is 18.1 Å². The van der Waals surface area contributed by atoms with Gasteiger partial charge in [0, 0.05) is 11.3 Å². The minimum absolute atomic E-state index is 0.0540. The number of nitrogens with one attached hydrogen (secondary N) is 1. The van der Waals surface area contributed by atoms with Crippen molar-refractivity contribution in [2.75, 3.05) is 12.4 Å². The summed E-state index contributed by atoms with van der Waals surface area (Å²) in [4.78, 5) is 12.2. The summed E-state index contributed by atoms with van der Waals surface area (Å²) in [5.41, 5.74) is -1.18. The molecule has 0 bridgehead atoms. The molecule has 0 saturated heterocycles. The van der Waals surface area contributed by atoms with Crippen molar-refractivity contribution in [3.8, 4) is 11.8 Å². The number of carbonyl (C=O) groups is 1. The molecule has 26 heavy (non-hydrogen) atoms. The lowest BCUT2D eigenvalue weighted by atomic mass is 10.1. The molecule has 0 aliphatic rings. The van der Waals surface area contributed by atoms with Gasteiger partial charge < -0.3 is 15.2 Å². The number of rotatable bonds is 4. The van der Waals surface area contributed by atoms with Crippen molar-refractivity contribution in [2.24, 2.45) is 0 Å². The van der Waals surface area contributed by atoms with E-state index >= 15 is 0 Å². The first-order valence-corrected chi connectivity index (χ1v) is 7.22. The van der Waals surface area contributed by atoms with E-state index < -0.39 is 29.0 Å². The predicted molar refractivity (Wildman–Crippen MR) is 88.2 cm³/mol. The zero-order valence-electron chi connectivity index (χ0n) is 13.5. The van der Waals surface area contributed by atoms with Crippen LogP contribution in [0.5, 0.6) is 5.75 Å². The van der Waals surface area contributed by atoms with Gasteiger partial charge in [0.15, 0.2) is 5.57 Å². The highest BCUT2D eigenvalue weighted by molar-refractivity contribution is 6.10. The maximum absolute atomic E-state index is 12.5. The molecule has 2 rings (SSSR count). The maximum Gasteiger partial charge on any atom is 0.416 e. The normalized spacial score (nSPS) is 12.0. The van der Waals surface area contributed by atoms with Crippen LogP contribution in [-0.2, 0) is 11.0 Å². The molecule has 134 valence electrons. The molecule has 0 unspecified atom stereocenters. The fraction of sp³-hybridized carbons (Fsp3) is 0.111. The minimum atomic E-state index is -4.49. The van der Waals surface area contributed by atoms with Crippen molar-refractivity contribution >= 4 is 17.4 Å². The Labute approximate surface area is 146 Å². The fourth-order valence-corrected chi connectivity index (χ4v) is 2.04. The van der Waals surface area contributed by atoms with Crippen molar-refractivity contribution in [1.29, 1.82) is 5.26 Å². The molecule has 2 aromatic rings. The van der Waals surface area contributed by atoms with E-state index in [-0.39, 0.29) is 11.3 Å². The predicted octanol–water partition coefficient (Wildman–Crippen LogP) is 4.15. The number of hydrogen-bond acceptors (Lipinski definition) is 4. The number of carbonyl (C=O) groups excluding carboxylic acids is 1. The summed E-state index contributed by atoms with van der Waals surface area (Å²) < 4.78 is 42.6. The second-order valence-corrected chi connectivity index (χ2v) is 5.09. The van der Waals surface area contributed by atoms with Gasteiger partial charge in [-0.25, -0.2) is 0 Å². The molecular formula is C18H13F3N2O3. The van der Waals surface area contributed by atoms with E-state index in [0.29, 0.717) is 5.75 Å². The van der Waals surface area contributed by atoms with Gasteiger partial charge in [0.05, 0.1) is 12.7 Å². The number of benzene rings is 2. The van der Waals surface area contributed by atoms with Crippen LogP contribution < -0.4 is 10.1 Å². The zero-order chi connectivity index (χ0) is 19.3. The molecule has 0 fully saturated rings. The lowest BCUT2D eigenvalue weighted by Crippen LogP contribution is -2.15. The summed E-state index contributed by atoms with van der Waals surface area (Å²) in [6.45, 7) is 0. The SMILES string of the molecule is COc1ccc(C(O)=C(C#N)C(=O)Nc2ccc(C(F)(F)F)cc2)cc1. The van der Waals surface area contributed by atoms with Gasteiger partial charge in [-0.2, -0.15) is 18.4 Å². The Morgan fingerprint density at radius 2 is 1.69 bits per heavy atom. The summed E-state index contributed by atoms with van der Waals surface area (Å²) in [7, 11) is 1.46. The zero-order valence-corrected chi connectivity index (χ0v) is 13.5. The van der Waals surface area contributed by atoms with Crippen LogP contribution in [0.1, 0.15) is 11.1 Å². The maximum atomic E-state index is 12.5. The Kier molecular flexibility index (Phi) is 5.52. The lowest BCUT2D eigenvalue weighted by molar-refractivity contribution is -0.137. The smallest absolute Gasteiger partial charge is 0.416 e. The number of aliphatic hydroxyl groups excluding tert-OH is 1. The van der Waals surface area contributed by atoms with E-state index in [1.54, 1.807) is 6.07 Å². The lowest BCUT2D eigenvalue weighted by Gasteiger charge is -2.09. The van der Waals surface area contributed by atoms with Gasteiger partial charge in [-0.3, -0.25) is 4.79 Å². The molecular weight excluding hydrogens is 349 g/mol. The molecule has 0 saturated carbocycles. The molecule has 0 heterocycles. The summed E-state index contributed by atoms with van der Waals surface area (Å²) in [6.07, 6.45) is -4.49. The summed E-state index contributed by atoms with van der Waals surface area (Å²) in [5, 5.41) is 21.6. The number of hydrogen-bond donors (Lipinski definition) is 2. The largest absolute Gasteiger partial charge is 0.506 e. The topological polar surface area (TPSA) is 82.3 Å². The minimum Gasteiger partial charge on any atom is -0.506 e. The Balaban J connectivity index is 2.23. The molecule has 1 amide bonds. The summed E-state index contributed by atoms with van der Waals surface area (Å²) >= 11 is 0. The van der Waals surface area contributed by atoms with E-state index in [2.05, 4.69) is 5.32 Å². The quantitative estimate of drug-likeness (QED) is 0.486. The number of ether oxygens (including phenoxy) is 1. The number of halogens is 3. The van der Waals surface area contributed by atoms with Crippen molar-refractivity contribution in [3.05, 3.63) is 65.2 Å². The number of anilines is 1. The highest BCUT2D eigenvalue weighted by atomic mass is 19.4. The first-order chi connectivity index (χ1) is 12.3. The van der Waals surface area contributed by atoms with Crippen LogP contribution in [0, 0.1) is 11.3 Å². The van der Waals surface area contributed by atoms with Gasteiger partial charge in [0.2, 0.25) is 0 Å². The molecule has 0 aromatic heterocycles. The average Bonchev–Trinajstić information content (AvgIpc) is 2.62. The van der Waals surface area contributed by atoms with Crippen molar-refractivity contribution in [2.45, 2.75) is 6.18 Å². The standard InChI is InChI=1S/C18H13F3N2O3/c1-26-14-8-2-11(3-9-14)16(24)15(10-22)17(25)23-13-6-4-12(5-7-13)18(19,20)21/h2-9,24H,1H3,(H,23,25). The van der Waals surface area contributed by atoms with Crippen LogP contribution in [0.2, 0.25) is 0 Å². The second-order valence-electron chi connectivity index (χ2n) is 5.09. The number of aliphatic hydroxyl groups is 1. The van der Waals surface area contributed by atoms with Gasteiger partial charge >= 0.3 is 6.18 Å². The Morgan fingerprint density at radius 1 is 1.12 bits per heavy atom. The molecule has 2 aromatic carbocycles. The fourth-order valence-electron chi connectivity index (χ4n) is 2.04. The highest BCUT2D eigenvalue weighted by Crippen LogP contribution is 2.30. The number of amides is 1. The first-order valence-electron chi connectivity index (χ1n) is 7.22. The van der Waals surface area contributed by atoms with Gasteiger partial charge in [0.25, 0.3) is 5.91 Å². The van der Waals surface area contributed by atoms with Crippen molar-refractivity contribution < 1.29 is 27.8 Å². The number of alkyl halides is 3. The van der Waals surface area contributed by atoms with Crippen molar-refractivity contribution in [1.82, 2.24) is 0 Å². The third kappa shape index (κ3) is 4.33. The molecule has 0 aliphatic carbocycles. The van der Waals surface area contributed by atoms with Crippen LogP contribution in [0.25, 0.3) is 5.76 Å². The van der Waals surface area contributed by atoms with Crippen LogP contribution in [0.4, 0.5) is 18.9 Å². The second kappa shape index (κ2) is 7.61. The third-order valence-electron chi connectivity index (χ3n) is 3.41. The van der Waals surface area contributed by atoms with Crippen LogP contribution >= 0.6 is 0 Å². The van der Waals surface area contributed by atoms with E-state index in [0.717, 1.165) is 24.3 Å². The van der Waals surface area contributed by atoms with Gasteiger partial charge in [-0.1, -0.05) is 0 Å². The Bertz CT molecular complexity index is 865. The molecule has 8 heteroatoms. The van der Waals surface area contributed by atoms with Crippen LogP contribution in [0.3, 0.4) is 0 Å². The molecule has 0 spiro atoms. The average molecular weight is 362 g/mol. The van der Waals surface area contributed by atoms with E-state index in [1.165, 1.54) is 31.4 Å². The Hall–Kier alpha value is -3.47. The molecule has 0 atom stereocenters. The van der Waals surface area contributed by atoms with Gasteiger partial charge in [-0.05, 0) is 48.5 Å². The molecule has 0 radical (unpaired) electrons. The van der Waals surface area contributed by atoms with Gasteiger partial charge in [-0.15, -0.1) is 0 Å². The van der Waals surface area contributed by atoms with Gasteiger partial charge in [0.1, 0.15) is 17.6 Å². The molecule has 2 N–H and O–H groups in total. The van der Waals surface area contributed by atoms with E-state index in [1.807, 2.05) is 0 Å². The number of methoxy groups -OCH3 is 1. The highest BCUT2D eigenvalue weighted by Gasteiger charge is 2.30. The summed E-state index contributed by atoms with van der Waals surface area (Å²) in [5.74, 6) is -0.977. The number of nitrogens with zero attached hydrogens (tertiary/aromatic N) is 1. The van der Waals surface area contributed by atoms with Crippen molar-refractivity contribution in [3.63, 3.8) is 0 Å². The third-order valence-corrected chi connectivity index (χ3v) is 3.41. The van der Waals surface area contributed by atoms with E-state index in [9.17, 15) is 23.1 Å². The Morgan fingerprint density at radius 3 is 2.15 bits per heavy atom. The van der Waals surface area contributed by atoms with E-state index in [4.69, 9.17) is 10.00 Å². The molecule has 0 aliphatic heterocycles. The number of nitriles is 1. The monoisotopic (exact) mass is 362 g/mol.